The Labute approximate surface area is 150 Å². The van der Waals surface area contributed by atoms with E-state index in [4.69, 9.17) is 9.47 Å². The second-order valence-corrected chi connectivity index (χ2v) is 5.97. The highest BCUT2D eigenvalue weighted by Gasteiger charge is 2.15. The highest BCUT2D eigenvalue weighted by molar-refractivity contribution is 5.94. The molecule has 0 aliphatic carbocycles. The minimum Gasteiger partial charge on any atom is -0.486 e. The number of benzene rings is 2. The predicted octanol–water partition coefficient (Wildman–Crippen LogP) is 3.03. The minimum absolute atomic E-state index is 0.0184. The Hall–Kier alpha value is -3.29. The molecule has 0 atom stereocenters. The second-order valence-electron chi connectivity index (χ2n) is 5.97. The van der Waals surface area contributed by atoms with Gasteiger partial charge in [-0.15, -0.1) is 0 Å². The van der Waals surface area contributed by atoms with Gasteiger partial charge in [0, 0.05) is 29.1 Å². The molecule has 0 fully saturated rings. The van der Waals surface area contributed by atoms with Gasteiger partial charge in [0.15, 0.2) is 11.5 Å². The number of amides is 1. The van der Waals surface area contributed by atoms with E-state index in [-0.39, 0.29) is 18.1 Å². The zero-order valence-corrected chi connectivity index (χ0v) is 14.5. The van der Waals surface area contributed by atoms with Crippen molar-refractivity contribution in [3.05, 3.63) is 51.6 Å². The molecule has 2 N–H and O–H groups in total. The molecule has 1 aliphatic rings. The molecule has 1 amide bonds. The first-order chi connectivity index (χ1) is 12.4. The molecule has 1 heterocycles. The van der Waals surface area contributed by atoms with Crippen LogP contribution in [0.3, 0.4) is 0 Å². The molecule has 3 rings (SSSR count). The number of anilines is 2. The summed E-state index contributed by atoms with van der Waals surface area (Å²) in [5.41, 5.74) is 2.58. The van der Waals surface area contributed by atoms with Crippen molar-refractivity contribution in [3.8, 4) is 11.5 Å². The fourth-order valence-corrected chi connectivity index (χ4v) is 2.73. The number of nitro groups is 1. The number of ether oxygens (including phenoxy) is 2. The predicted molar refractivity (Wildman–Crippen MR) is 97.1 cm³/mol. The zero-order chi connectivity index (χ0) is 18.7. The Kier molecular flexibility index (Phi) is 4.92. The first kappa shape index (κ1) is 17.5. The van der Waals surface area contributed by atoms with Crippen LogP contribution in [-0.2, 0) is 4.79 Å². The van der Waals surface area contributed by atoms with Crippen molar-refractivity contribution in [2.24, 2.45) is 0 Å². The standard InChI is InChI=1S/C18H19N3O5/c1-11-7-12(2)15(21(23)24)9-14(11)19-10-18(22)20-13-3-4-16-17(8-13)26-6-5-25-16/h3-4,7-9,19H,5-6,10H2,1-2H3,(H,20,22). The minimum atomic E-state index is -0.435. The molecule has 2 aromatic rings. The highest BCUT2D eigenvalue weighted by Crippen LogP contribution is 2.32. The van der Waals surface area contributed by atoms with Gasteiger partial charge in [0.05, 0.1) is 11.5 Å². The first-order valence-corrected chi connectivity index (χ1v) is 8.13. The van der Waals surface area contributed by atoms with Crippen molar-refractivity contribution in [2.75, 3.05) is 30.4 Å². The normalized spacial score (nSPS) is 12.4. The number of fused-ring (bicyclic) bond motifs is 1. The summed E-state index contributed by atoms with van der Waals surface area (Å²) in [5.74, 6) is 0.964. The van der Waals surface area contributed by atoms with Crippen LogP contribution in [0.1, 0.15) is 11.1 Å². The molecule has 2 aromatic carbocycles. The monoisotopic (exact) mass is 357 g/mol. The molecule has 1 aliphatic heterocycles. The van der Waals surface area contributed by atoms with Crippen molar-refractivity contribution in [1.82, 2.24) is 0 Å². The third-order valence-electron chi connectivity index (χ3n) is 4.00. The summed E-state index contributed by atoms with van der Waals surface area (Å²) in [5, 5.41) is 16.8. The van der Waals surface area contributed by atoms with Crippen molar-refractivity contribution >= 4 is 23.0 Å². The largest absolute Gasteiger partial charge is 0.486 e. The van der Waals surface area contributed by atoms with Gasteiger partial charge in [-0.05, 0) is 37.6 Å². The molecular formula is C18H19N3O5. The van der Waals surface area contributed by atoms with E-state index < -0.39 is 4.92 Å². The number of nitrogens with zero attached hydrogens (tertiary/aromatic N) is 1. The van der Waals surface area contributed by atoms with Gasteiger partial charge in [-0.3, -0.25) is 14.9 Å². The lowest BCUT2D eigenvalue weighted by atomic mass is 10.1. The Morgan fingerprint density at radius 2 is 1.85 bits per heavy atom. The Morgan fingerprint density at radius 1 is 1.12 bits per heavy atom. The van der Waals surface area contributed by atoms with Gasteiger partial charge in [-0.25, -0.2) is 0 Å². The fraction of sp³-hybridized carbons (Fsp3) is 0.278. The Bertz CT molecular complexity index is 866. The third-order valence-corrected chi connectivity index (χ3v) is 4.00. The SMILES string of the molecule is Cc1cc(C)c([N+](=O)[O-])cc1NCC(=O)Nc1ccc2c(c1)OCCO2. The average molecular weight is 357 g/mol. The van der Waals surface area contributed by atoms with Crippen molar-refractivity contribution < 1.29 is 19.2 Å². The highest BCUT2D eigenvalue weighted by atomic mass is 16.6. The van der Waals surface area contributed by atoms with E-state index >= 15 is 0 Å². The van der Waals surface area contributed by atoms with E-state index in [1.165, 1.54) is 6.07 Å². The molecule has 8 heteroatoms. The van der Waals surface area contributed by atoms with Gasteiger partial charge in [0.1, 0.15) is 13.2 Å². The third kappa shape index (κ3) is 3.85. The molecule has 0 spiro atoms. The fourth-order valence-electron chi connectivity index (χ4n) is 2.73. The van der Waals surface area contributed by atoms with Gasteiger partial charge >= 0.3 is 0 Å². The number of carbonyl (C=O) groups excluding carboxylic acids is 1. The lowest BCUT2D eigenvalue weighted by molar-refractivity contribution is -0.385. The molecule has 26 heavy (non-hydrogen) atoms. The molecule has 0 saturated carbocycles. The van der Waals surface area contributed by atoms with Gasteiger partial charge in [-0.2, -0.15) is 0 Å². The van der Waals surface area contributed by atoms with Crippen LogP contribution in [0, 0.1) is 24.0 Å². The average Bonchev–Trinajstić information content (AvgIpc) is 2.60. The van der Waals surface area contributed by atoms with Gasteiger partial charge < -0.3 is 20.1 Å². The number of rotatable bonds is 5. The quantitative estimate of drug-likeness (QED) is 0.630. The van der Waals surface area contributed by atoms with Gasteiger partial charge in [-0.1, -0.05) is 0 Å². The summed E-state index contributed by atoms with van der Waals surface area (Å²) in [6, 6.07) is 8.34. The zero-order valence-electron chi connectivity index (χ0n) is 14.5. The lowest BCUT2D eigenvalue weighted by Gasteiger charge is -2.19. The van der Waals surface area contributed by atoms with E-state index in [0.29, 0.717) is 41.7 Å². The van der Waals surface area contributed by atoms with Crippen LogP contribution in [0.15, 0.2) is 30.3 Å². The van der Waals surface area contributed by atoms with Crippen molar-refractivity contribution in [3.63, 3.8) is 0 Å². The molecular weight excluding hydrogens is 338 g/mol. The number of aryl methyl sites for hydroxylation is 2. The summed E-state index contributed by atoms with van der Waals surface area (Å²) in [4.78, 5) is 22.8. The summed E-state index contributed by atoms with van der Waals surface area (Å²) in [6.07, 6.45) is 0. The maximum atomic E-state index is 12.2. The summed E-state index contributed by atoms with van der Waals surface area (Å²) >= 11 is 0. The number of nitrogens with one attached hydrogen (secondary N) is 2. The maximum absolute atomic E-state index is 12.2. The molecule has 0 aromatic heterocycles. The molecule has 8 nitrogen and oxygen atoms in total. The van der Waals surface area contributed by atoms with E-state index in [9.17, 15) is 14.9 Å². The molecule has 0 saturated heterocycles. The van der Waals surface area contributed by atoms with Crippen LogP contribution in [0.25, 0.3) is 0 Å². The second kappa shape index (κ2) is 7.30. The molecule has 0 unspecified atom stereocenters. The smallest absolute Gasteiger partial charge is 0.274 e. The number of hydrogen-bond donors (Lipinski definition) is 2. The van der Waals surface area contributed by atoms with Gasteiger partial charge in [0.25, 0.3) is 5.69 Å². The van der Waals surface area contributed by atoms with E-state index in [0.717, 1.165) is 5.56 Å². The van der Waals surface area contributed by atoms with Crippen molar-refractivity contribution in [2.45, 2.75) is 13.8 Å². The molecule has 136 valence electrons. The van der Waals surface area contributed by atoms with E-state index in [1.54, 1.807) is 31.2 Å². The number of hydrogen-bond acceptors (Lipinski definition) is 6. The Morgan fingerprint density at radius 3 is 2.58 bits per heavy atom. The topological polar surface area (TPSA) is 103 Å². The van der Waals surface area contributed by atoms with Crippen molar-refractivity contribution in [1.29, 1.82) is 0 Å². The van der Waals surface area contributed by atoms with Crippen LogP contribution in [-0.4, -0.2) is 30.6 Å². The Balaban J connectivity index is 1.64. The van der Waals surface area contributed by atoms with Gasteiger partial charge in [0.2, 0.25) is 5.91 Å². The summed E-state index contributed by atoms with van der Waals surface area (Å²) in [6.45, 7) is 4.47. The van der Waals surface area contributed by atoms with Crippen LogP contribution >= 0.6 is 0 Å². The molecule has 0 radical (unpaired) electrons. The van der Waals surface area contributed by atoms with Crippen LogP contribution in [0.4, 0.5) is 17.1 Å². The number of carbonyl (C=O) groups is 1. The van der Waals surface area contributed by atoms with Crippen LogP contribution < -0.4 is 20.1 Å². The maximum Gasteiger partial charge on any atom is 0.274 e. The van der Waals surface area contributed by atoms with Crippen LogP contribution in [0.5, 0.6) is 11.5 Å². The van der Waals surface area contributed by atoms with E-state index in [2.05, 4.69) is 10.6 Å². The summed E-state index contributed by atoms with van der Waals surface area (Å²) in [7, 11) is 0. The van der Waals surface area contributed by atoms with Crippen LogP contribution in [0.2, 0.25) is 0 Å². The van der Waals surface area contributed by atoms with E-state index in [1.807, 2.05) is 6.92 Å². The molecule has 0 bridgehead atoms. The number of nitro benzene ring substituents is 1. The first-order valence-electron chi connectivity index (χ1n) is 8.13. The lowest BCUT2D eigenvalue weighted by Crippen LogP contribution is -2.22. The summed E-state index contributed by atoms with van der Waals surface area (Å²) < 4.78 is 10.9.